The standard InChI is InChI=1S/C20H22ClFO4S/c1-25-17-6-2-14(3-7-17)12-26-13-15-4-8-18(10-15)27(23,24)20-9-5-16(22)11-19(20)21/h2-3,5-7,9,11,15,18H,4,8,10,12-13H2,1H3. The van der Waals surface area contributed by atoms with Crippen molar-refractivity contribution in [1.82, 2.24) is 0 Å². The average molecular weight is 413 g/mol. The van der Waals surface area contributed by atoms with Crippen LogP contribution in [0, 0.1) is 11.7 Å². The molecule has 0 heterocycles. The second-order valence-electron chi connectivity index (χ2n) is 6.78. The zero-order valence-corrected chi connectivity index (χ0v) is 16.6. The summed E-state index contributed by atoms with van der Waals surface area (Å²) in [7, 11) is -1.95. The van der Waals surface area contributed by atoms with Crippen LogP contribution in [0.3, 0.4) is 0 Å². The lowest BCUT2D eigenvalue weighted by molar-refractivity contribution is 0.0889. The molecule has 3 rings (SSSR count). The summed E-state index contributed by atoms with van der Waals surface area (Å²) in [6.45, 7) is 0.983. The Morgan fingerprint density at radius 2 is 1.89 bits per heavy atom. The minimum Gasteiger partial charge on any atom is -0.497 e. The molecule has 1 aliphatic rings. The van der Waals surface area contributed by atoms with Gasteiger partial charge in [0.05, 0.1) is 28.9 Å². The van der Waals surface area contributed by atoms with Crippen molar-refractivity contribution in [1.29, 1.82) is 0 Å². The van der Waals surface area contributed by atoms with Crippen molar-refractivity contribution in [3.63, 3.8) is 0 Å². The molecule has 0 aromatic heterocycles. The van der Waals surface area contributed by atoms with Gasteiger partial charge in [0.15, 0.2) is 9.84 Å². The van der Waals surface area contributed by atoms with E-state index in [0.717, 1.165) is 29.9 Å². The molecule has 0 saturated heterocycles. The number of methoxy groups -OCH3 is 1. The van der Waals surface area contributed by atoms with Crippen molar-refractivity contribution < 1.29 is 22.3 Å². The summed E-state index contributed by atoms with van der Waals surface area (Å²) in [6, 6.07) is 11.1. The molecule has 27 heavy (non-hydrogen) atoms. The highest BCUT2D eigenvalue weighted by atomic mass is 35.5. The SMILES string of the molecule is COc1ccc(COCC2CCC(S(=O)(=O)c3ccc(F)cc3Cl)C2)cc1. The van der Waals surface area contributed by atoms with Gasteiger partial charge in [0.2, 0.25) is 0 Å². The van der Waals surface area contributed by atoms with E-state index in [4.69, 9.17) is 21.1 Å². The fourth-order valence-corrected chi connectivity index (χ4v) is 5.82. The largest absolute Gasteiger partial charge is 0.497 e. The first kappa shape index (κ1) is 20.1. The van der Waals surface area contributed by atoms with Crippen LogP contribution in [0.1, 0.15) is 24.8 Å². The molecule has 0 aliphatic heterocycles. The van der Waals surface area contributed by atoms with Gasteiger partial charge in [0.1, 0.15) is 11.6 Å². The Hall–Kier alpha value is -1.63. The monoisotopic (exact) mass is 412 g/mol. The molecule has 2 aromatic carbocycles. The van der Waals surface area contributed by atoms with Crippen LogP contribution in [0.4, 0.5) is 4.39 Å². The Kier molecular flexibility index (Phi) is 6.40. The lowest BCUT2D eigenvalue weighted by Gasteiger charge is -2.14. The van der Waals surface area contributed by atoms with Gasteiger partial charge >= 0.3 is 0 Å². The van der Waals surface area contributed by atoms with Crippen LogP contribution >= 0.6 is 11.6 Å². The molecular formula is C20H22ClFO4S. The smallest absolute Gasteiger partial charge is 0.182 e. The van der Waals surface area contributed by atoms with E-state index in [9.17, 15) is 12.8 Å². The van der Waals surface area contributed by atoms with Crippen LogP contribution in [0.5, 0.6) is 5.75 Å². The van der Waals surface area contributed by atoms with E-state index < -0.39 is 20.9 Å². The van der Waals surface area contributed by atoms with Gasteiger partial charge in [-0.3, -0.25) is 0 Å². The first-order chi connectivity index (χ1) is 12.9. The maximum atomic E-state index is 13.2. The minimum atomic E-state index is -3.57. The highest BCUT2D eigenvalue weighted by Crippen LogP contribution is 2.36. The molecule has 1 saturated carbocycles. The van der Waals surface area contributed by atoms with E-state index in [2.05, 4.69) is 0 Å². The van der Waals surface area contributed by atoms with Crippen LogP contribution in [-0.2, 0) is 21.2 Å². The topological polar surface area (TPSA) is 52.6 Å². The van der Waals surface area contributed by atoms with Gasteiger partial charge in [-0.1, -0.05) is 23.7 Å². The third-order valence-corrected chi connectivity index (χ3v) is 7.61. The van der Waals surface area contributed by atoms with Gasteiger partial charge < -0.3 is 9.47 Å². The normalized spacial score (nSPS) is 20.0. The Morgan fingerprint density at radius 3 is 2.56 bits per heavy atom. The number of hydrogen-bond donors (Lipinski definition) is 0. The summed E-state index contributed by atoms with van der Waals surface area (Å²) in [5, 5.41) is -0.566. The van der Waals surface area contributed by atoms with Crippen LogP contribution < -0.4 is 4.74 Å². The number of halogens is 2. The molecule has 4 nitrogen and oxygen atoms in total. The molecule has 0 bridgehead atoms. The van der Waals surface area contributed by atoms with E-state index in [-0.39, 0.29) is 15.8 Å². The number of benzene rings is 2. The molecule has 2 unspecified atom stereocenters. The van der Waals surface area contributed by atoms with Crippen LogP contribution in [-0.4, -0.2) is 27.4 Å². The summed E-state index contributed by atoms with van der Waals surface area (Å²) < 4.78 is 49.7. The number of ether oxygens (including phenoxy) is 2. The third-order valence-electron chi connectivity index (χ3n) is 4.91. The molecule has 2 atom stereocenters. The van der Waals surface area contributed by atoms with E-state index in [1.165, 1.54) is 6.07 Å². The second-order valence-corrected chi connectivity index (χ2v) is 9.39. The Balaban J connectivity index is 1.54. The fraction of sp³-hybridized carbons (Fsp3) is 0.400. The van der Waals surface area contributed by atoms with Crippen molar-refractivity contribution >= 4 is 21.4 Å². The number of hydrogen-bond acceptors (Lipinski definition) is 4. The molecule has 1 fully saturated rings. The zero-order chi connectivity index (χ0) is 19.4. The van der Waals surface area contributed by atoms with Crippen LogP contribution in [0.15, 0.2) is 47.4 Å². The fourth-order valence-electron chi connectivity index (χ4n) is 3.41. The summed E-state index contributed by atoms with van der Waals surface area (Å²) in [4.78, 5) is 0.00960. The van der Waals surface area contributed by atoms with E-state index in [0.29, 0.717) is 26.1 Å². The zero-order valence-electron chi connectivity index (χ0n) is 15.0. The van der Waals surface area contributed by atoms with Gasteiger partial charge in [-0.25, -0.2) is 12.8 Å². The molecule has 146 valence electrons. The first-order valence-corrected chi connectivity index (χ1v) is 10.7. The minimum absolute atomic E-state index is 0.00960. The lowest BCUT2D eigenvalue weighted by Crippen LogP contribution is -2.19. The van der Waals surface area contributed by atoms with Crippen LogP contribution in [0.25, 0.3) is 0 Å². The van der Waals surface area contributed by atoms with Gasteiger partial charge in [0.25, 0.3) is 0 Å². The molecule has 1 aliphatic carbocycles. The highest BCUT2D eigenvalue weighted by Gasteiger charge is 2.36. The Bertz CT molecular complexity index is 883. The summed E-state index contributed by atoms with van der Waals surface area (Å²) >= 11 is 5.95. The van der Waals surface area contributed by atoms with Crippen molar-refractivity contribution in [3.05, 3.63) is 58.9 Å². The van der Waals surface area contributed by atoms with Crippen molar-refractivity contribution in [3.8, 4) is 5.75 Å². The van der Waals surface area contributed by atoms with Crippen molar-refractivity contribution in [2.45, 2.75) is 36.0 Å². The quantitative estimate of drug-likeness (QED) is 0.621. The molecule has 0 amide bonds. The molecule has 0 N–H and O–H groups in total. The van der Waals surface area contributed by atoms with Crippen molar-refractivity contribution in [2.75, 3.05) is 13.7 Å². The van der Waals surface area contributed by atoms with Gasteiger partial charge in [0, 0.05) is 6.61 Å². The lowest BCUT2D eigenvalue weighted by atomic mass is 10.1. The van der Waals surface area contributed by atoms with Gasteiger partial charge in [-0.05, 0) is 61.1 Å². The average Bonchev–Trinajstić information content (AvgIpc) is 3.12. The van der Waals surface area contributed by atoms with E-state index in [1.807, 2.05) is 24.3 Å². The predicted octanol–water partition coefficient (Wildman–Crippen LogP) is 4.65. The van der Waals surface area contributed by atoms with Crippen molar-refractivity contribution in [2.24, 2.45) is 5.92 Å². The molecule has 2 aromatic rings. The van der Waals surface area contributed by atoms with Crippen LogP contribution in [0.2, 0.25) is 5.02 Å². The summed E-state index contributed by atoms with van der Waals surface area (Å²) in [5.74, 6) is 0.430. The van der Waals surface area contributed by atoms with E-state index in [1.54, 1.807) is 7.11 Å². The highest BCUT2D eigenvalue weighted by molar-refractivity contribution is 7.92. The second kappa shape index (κ2) is 8.59. The summed E-state index contributed by atoms with van der Waals surface area (Å²) in [5.41, 5.74) is 1.04. The summed E-state index contributed by atoms with van der Waals surface area (Å²) in [6.07, 6.45) is 1.87. The molecular weight excluding hydrogens is 391 g/mol. The first-order valence-electron chi connectivity index (χ1n) is 8.80. The third kappa shape index (κ3) is 4.81. The number of rotatable bonds is 7. The molecule has 0 spiro atoms. The maximum Gasteiger partial charge on any atom is 0.182 e. The predicted molar refractivity (Wildman–Crippen MR) is 102 cm³/mol. The Morgan fingerprint density at radius 1 is 1.15 bits per heavy atom. The van der Waals surface area contributed by atoms with Gasteiger partial charge in [-0.2, -0.15) is 0 Å². The molecule has 7 heteroatoms. The van der Waals surface area contributed by atoms with E-state index >= 15 is 0 Å². The van der Waals surface area contributed by atoms with Gasteiger partial charge in [-0.15, -0.1) is 0 Å². The molecule has 0 radical (unpaired) electrons. The maximum absolute atomic E-state index is 13.2. The number of sulfone groups is 1. The Labute approximate surface area is 164 Å².